The maximum atomic E-state index is 13.7. The smallest absolute Gasteiger partial charge is 0.407 e. The highest BCUT2D eigenvalue weighted by Gasteiger charge is 2.29. The fraction of sp³-hybridized carbons (Fsp3) is 0.481. The molecule has 3 heterocycles. The number of rotatable bonds is 5. The van der Waals surface area contributed by atoms with E-state index in [1.54, 1.807) is 30.7 Å². The zero-order valence-corrected chi connectivity index (χ0v) is 22.4. The zero-order chi connectivity index (χ0) is 27.6. The molecule has 0 saturated carbocycles. The Morgan fingerprint density at radius 3 is 2.58 bits per heavy atom. The van der Waals surface area contributed by atoms with Gasteiger partial charge in [0.2, 0.25) is 5.95 Å². The highest BCUT2D eigenvalue weighted by Crippen LogP contribution is 2.23. The Labute approximate surface area is 220 Å². The number of amides is 1. The molecule has 202 valence electrons. The van der Waals surface area contributed by atoms with E-state index in [-0.39, 0.29) is 30.3 Å². The Balaban J connectivity index is 1.74. The van der Waals surface area contributed by atoms with Crippen molar-refractivity contribution in [3.05, 3.63) is 56.5 Å². The molecule has 1 aliphatic heterocycles. The summed E-state index contributed by atoms with van der Waals surface area (Å²) >= 11 is 0. The summed E-state index contributed by atoms with van der Waals surface area (Å²) in [5, 5.41) is 2.93. The number of benzene rings is 1. The molecule has 2 aromatic heterocycles. The number of hydrogen-bond acceptors (Lipinski definition) is 6. The molecule has 1 fully saturated rings. The molecule has 0 aliphatic carbocycles. The summed E-state index contributed by atoms with van der Waals surface area (Å²) in [4.78, 5) is 45.9. The lowest BCUT2D eigenvalue weighted by molar-refractivity contribution is 0.0499. The number of fused-ring (bicyclic) bond motifs is 1. The molecule has 1 aromatic carbocycles. The molecule has 38 heavy (non-hydrogen) atoms. The van der Waals surface area contributed by atoms with E-state index in [2.05, 4.69) is 17.2 Å². The molecule has 0 bridgehead atoms. The molecule has 0 radical (unpaired) electrons. The number of piperidine rings is 1. The van der Waals surface area contributed by atoms with Crippen molar-refractivity contribution in [1.82, 2.24) is 24.0 Å². The second-order valence-corrected chi connectivity index (χ2v) is 10.4. The molecule has 3 aromatic rings. The van der Waals surface area contributed by atoms with Crippen LogP contribution >= 0.6 is 0 Å². The topological polar surface area (TPSA) is 103 Å². The number of anilines is 1. The fourth-order valence-corrected chi connectivity index (χ4v) is 4.57. The molecule has 0 spiro atoms. The predicted octanol–water partition coefficient (Wildman–Crippen LogP) is 2.60. The van der Waals surface area contributed by atoms with Crippen LogP contribution in [-0.2, 0) is 24.9 Å². The number of ether oxygens (including phenoxy) is 1. The van der Waals surface area contributed by atoms with E-state index < -0.39 is 28.8 Å². The Morgan fingerprint density at radius 1 is 1.21 bits per heavy atom. The Hall–Kier alpha value is -4.07. The average molecular weight is 525 g/mol. The van der Waals surface area contributed by atoms with Gasteiger partial charge in [0.05, 0.1) is 13.1 Å². The number of carbonyl (C=O) groups excluding carboxylic acids is 1. The second-order valence-electron chi connectivity index (χ2n) is 10.4. The minimum Gasteiger partial charge on any atom is -0.444 e. The van der Waals surface area contributed by atoms with Gasteiger partial charge >= 0.3 is 11.8 Å². The summed E-state index contributed by atoms with van der Waals surface area (Å²) in [6.45, 7) is 8.45. The van der Waals surface area contributed by atoms with Crippen molar-refractivity contribution in [2.24, 2.45) is 7.05 Å². The number of hydrogen-bond donors (Lipinski definition) is 1. The first-order valence-corrected chi connectivity index (χ1v) is 12.6. The normalized spacial score (nSPS) is 15.7. The molecule has 1 N–H and O–H groups in total. The minimum atomic E-state index is -0.607. The van der Waals surface area contributed by atoms with E-state index in [0.29, 0.717) is 24.6 Å². The average Bonchev–Trinajstić information content (AvgIpc) is 3.24. The van der Waals surface area contributed by atoms with Gasteiger partial charge in [0.1, 0.15) is 11.4 Å². The van der Waals surface area contributed by atoms with Crippen LogP contribution in [0.5, 0.6) is 0 Å². The SMILES string of the molecule is CC#CCn1c(N2CCC[C@@H](NC(=O)OC(C)(C)C)C2)nc2c1c(=O)n(Cc1ccc(F)cc1)c(=O)n2C. The van der Waals surface area contributed by atoms with Gasteiger partial charge in [-0.15, -0.1) is 5.92 Å². The fourth-order valence-electron chi connectivity index (χ4n) is 4.57. The third-order valence-corrected chi connectivity index (χ3v) is 6.31. The van der Waals surface area contributed by atoms with Gasteiger partial charge in [-0.3, -0.25) is 18.5 Å². The molecule has 1 aliphatic rings. The van der Waals surface area contributed by atoms with Crippen molar-refractivity contribution in [2.75, 3.05) is 18.0 Å². The molecule has 4 rings (SSSR count). The van der Waals surface area contributed by atoms with Gasteiger partial charge in [0, 0.05) is 26.2 Å². The summed E-state index contributed by atoms with van der Waals surface area (Å²) < 4.78 is 23.0. The number of nitrogens with zero attached hydrogens (tertiary/aromatic N) is 5. The zero-order valence-electron chi connectivity index (χ0n) is 22.4. The summed E-state index contributed by atoms with van der Waals surface area (Å²) in [6, 6.07) is 5.49. The lowest BCUT2D eigenvalue weighted by Gasteiger charge is -2.34. The number of aromatic nitrogens is 4. The molecule has 1 atom stereocenters. The number of imidazole rings is 1. The molecular weight excluding hydrogens is 491 g/mol. The highest BCUT2D eigenvalue weighted by atomic mass is 19.1. The monoisotopic (exact) mass is 524 g/mol. The maximum absolute atomic E-state index is 13.7. The van der Waals surface area contributed by atoms with E-state index in [0.717, 1.165) is 17.4 Å². The Kier molecular flexibility index (Phi) is 7.62. The van der Waals surface area contributed by atoms with Crippen LogP contribution in [0, 0.1) is 17.7 Å². The van der Waals surface area contributed by atoms with Gasteiger partial charge in [0.25, 0.3) is 5.56 Å². The van der Waals surface area contributed by atoms with Gasteiger partial charge in [-0.05, 0) is 58.2 Å². The minimum absolute atomic E-state index is 0.00665. The molecule has 1 saturated heterocycles. The number of alkyl carbamates (subject to hydrolysis) is 1. The van der Waals surface area contributed by atoms with E-state index in [9.17, 15) is 18.8 Å². The summed E-state index contributed by atoms with van der Waals surface area (Å²) in [5.41, 5.74) is -0.488. The Morgan fingerprint density at radius 2 is 1.92 bits per heavy atom. The van der Waals surface area contributed by atoms with Crippen molar-refractivity contribution in [2.45, 2.75) is 65.3 Å². The van der Waals surface area contributed by atoms with Gasteiger partial charge in [0.15, 0.2) is 11.2 Å². The molecule has 11 heteroatoms. The van der Waals surface area contributed by atoms with E-state index >= 15 is 0 Å². The summed E-state index contributed by atoms with van der Waals surface area (Å²) in [5.74, 6) is 5.97. The summed E-state index contributed by atoms with van der Waals surface area (Å²) in [6.07, 6.45) is 1.07. The van der Waals surface area contributed by atoms with Crippen LogP contribution in [0.15, 0.2) is 33.9 Å². The Bertz CT molecular complexity index is 1520. The van der Waals surface area contributed by atoms with Crippen molar-refractivity contribution >= 4 is 23.2 Å². The first-order chi connectivity index (χ1) is 18.0. The maximum Gasteiger partial charge on any atom is 0.407 e. The molecule has 0 unspecified atom stereocenters. The lowest BCUT2D eigenvalue weighted by atomic mass is 10.1. The van der Waals surface area contributed by atoms with Crippen LogP contribution in [0.2, 0.25) is 0 Å². The van der Waals surface area contributed by atoms with E-state index in [1.807, 2.05) is 25.7 Å². The van der Waals surface area contributed by atoms with Crippen LogP contribution in [-0.4, -0.2) is 49.5 Å². The molecular formula is C27H33FN6O4. The predicted molar refractivity (Wildman–Crippen MR) is 143 cm³/mol. The number of aryl methyl sites for hydroxylation is 1. The van der Waals surface area contributed by atoms with Crippen molar-refractivity contribution in [1.29, 1.82) is 0 Å². The molecule has 10 nitrogen and oxygen atoms in total. The van der Waals surface area contributed by atoms with Gasteiger partial charge in [-0.2, -0.15) is 4.98 Å². The van der Waals surface area contributed by atoms with Crippen molar-refractivity contribution < 1.29 is 13.9 Å². The highest BCUT2D eigenvalue weighted by molar-refractivity contribution is 5.75. The molecule has 1 amide bonds. The number of halogens is 1. The van der Waals surface area contributed by atoms with E-state index in [1.165, 1.54) is 16.7 Å². The van der Waals surface area contributed by atoms with Gasteiger partial charge < -0.3 is 15.0 Å². The third-order valence-electron chi connectivity index (χ3n) is 6.31. The van der Waals surface area contributed by atoms with Crippen LogP contribution in [0.3, 0.4) is 0 Å². The van der Waals surface area contributed by atoms with Crippen molar-refractivity contribution in [3.8, 4) is 11.8 Å². The standard InChI is InChI=1S/C27H33FN6O4/c1-6-7-15-33-21-22(31(5)26(37)34(23(21)35)16-18-10-12-19(28)13-11-18)30-24(33)32-14-8-9-20(17-32)29-25(36)38-27(2,3)4/h10-13,20H,8-9,14-17H2,1-5H3,(H,29,36)/t20-/m1/s1. The first-order valence-electron chi connectivity index (χ1n) is 12.6. The number of carbonyl (C=O) groups is 1. The lowest BCUT2D eigenvalue weighted by Crippen LogP contribution is -2.49. The van der Waals surface area contributed by atoms with Crippen LogP contribution in [0.4, 0.5) is 15.1 Å². The third kappa shape index (κ3) is 5.74. The quantitative estimate of drug-likeness (QED) is 0.515. The first kappa shape index (κ1) is 27.0. The second kappa shape index (κ2) is 10.7. The number of nitrogens with one attached hydrogen (secondary N) is 1. The van der Waals surface area contributed by atoms with Crippen molar-refractivity contribution in [3.63, 3.8) is 0 Å². The largest absolute Gasteiger partial charge is 0.444 e. The summed E-state index contributed by atoms with van der Waals surface area (Å²) in [7, 11) is 1.57. The van der Waals surface area contributed by atoms with Gasteiger partial charge in [-0.25, -0.2) is 14.0 Å². The van der Waals surface area contributed by atoms with Gasteiger partial charge in [-0.1, -0.05) is 18.1 Å². The van der Waals surface area contributed by atoms with Crippen LogP contribution < -0.4 is 21.5 Å². The van der Waals surface area contributed by atoms with Crippen LogP contribution in [0.25, 0.3) is 11.2 Å². The van der Waals surface area contributed by atoms with E-state index in [4.69, 9.17) is 9.72 Å². The van der Waals surface area contributed by atoms with Crippen LogP contribution in [0.1, 0.15) is 46.1 Å².